The number of nitrogens with one attached hydrogen (secondary N) is 2. The van der Waals surface area contributed by atoms with Gasteiger partial charge in [0.25, 0.3) is 0 Å². The van der Waals surface area contributed by atoms with Gasteiger partial charge >= 0.3 is 0 Å². The van der Waals surface area contributed by atoms with E-state index in [0.29, 0.717) is 23.6 Å². The zero-order valence-corrected chi connectivity index (χ0v) is 18.4. The number of hydrogen-bond donors (Lipinski definition) is 3. The first kappa shape index (κ1) is 22.0. The molecule has 0 radical (unpaired) electrons. The maximum atomic E-state index is 15.2. The summed E-state index contributed by atoms with van der Waals surface area (Å²) in [6.45, 7) is 7.07. The molecule has 4 aromatic heterocycles. The number of hydrogen-bond acceptors (Lipinski definition) is 6. The van der Waals surface area contributed by atoms with E-state index in [9.17, 15) is 0 Å². The number of allylic oxidation sites excluding steroid dienone is 1. The molecule has 0 saturated carbocycles. The van der Waals surface area contributed by atoms with E-state index in [1.807, 2.05) is 31.2 Å². The van der Waals surface area contributed by atoms with Gasteiger partial charge in [-0.05, 0) is 44.2 Å². The van der Waals surface area contributed by atoms with Crippen LogP contribution in [0.15, 0.2) is 73.3 Å². The van der Waals surface area contributed by atoms with Crippen LogP contribution >= 0.6 is 0 Å². The number of H-pyrrole nitrogens is 1. The normalized spacial score (nSPS) is 12.5. The Labute approximate surface area is 190 Å². The summed E-state index contributed by atoms with van der Waals surface area (Å²) < 4.78 is 20.8. The van der Waals surface area contributed by atoms with E-state index in [1.54, 1.807) is 30.9 Å². The van der Waals surface area contributed by atoms with Crippen molar-refractivity contribution in [1.29, 1.82) is 0 Å². The van der Waals surface area contributed by atoms with Gasteiger partial charge in [-0.25, -0.2) is 9.37 Å². The van der Waals surface area contributed by atoms with E-state index in [-0.39, 0.29) is 18.1 Å². The van der Waals surface area contributed by atoms with Crippen molar-refractivity contribution >= 4 is 22.3 Å². The van der Waals surface area contributed by atoms with Crippen LogP contribution in [0.1, 0.15) is 25.0 Å². The minimum Gasteiger partial charge on any atom is -0.513 e. The topological polar surface area (TPSA) is 96.0 Å². The van der Waals surface area contributed by atoms with Crippen molar-refractivity contribution in [3.05, 3.63) is 84.4 Å². The van der Waals surface area contributed by atoms with E-state index < -0.39 is 0 Å². The van der Waals surface area contributed by atoms with Gasteiger partial charge in [-0.1, -0.05) is 6.58 Å². The van der Waals surface area contributed by atoms with Gasteiger partial charge in [0.05, 0.1) is 36.3 Å². The smallest absolute Gasteiger partial charge is 0.221 e. The fraction of sp³-hybridized carbons (Fsp3) is 0.160. The second-order valence-electron chi connectivity index (χ2n) is 7.39. The van der Waals surface area contributed by atoms with Crippen LogP contribution in [0.3, 0.4) is 0 Å². The van der Waals surface area contributed by atoms with E-state index in [4.69, 9.17) is 9.84 Å². The number of halogens is 1. The number of pyridine rings is 3. The predicted octanol–water partition coefficient (Wildman–Crippen LogP) is 5.65. The molecular weight excluding hydrogens is 421 g/mol. The van der Waals surface area contributed by atoms with Gasteiger partial charge < -0.3 is 20.1 Å². The van der Waals surface area contributed by atoms with Crippen LogP contribution in [-0.4, -0.2) is 38.2 Å². The summed E-state index contributed by atoms with van der Waals surface area (Å²) in [5.74, 6) is 1.09. The second kappa shape index (κ2) is 9.52. The summed E-state index contributed by atoms with van der Waals surface area (Å²) in [5, 5.41) is 11.9. The van der Waals surface area contributed by atoms with Gasteiger partial charge in [-0.15, -0.1) is 0 Å². The number of anilines is 1. The third-order valence-corrected chi connectivity index (χ3v) is 4.90. The molecule has 1 aliphatic heterocycles. The Morgan fingerprint density at radius 3 is 2.73 bits per heavy atom. The lowest BCUT2D eigenvalue weighted by Crippen LogP contribution is -2.13. The minimum atomic E-state index is -0.257. The van der Waals surface area contributed by atoms with Gasteiger partial charge in [0.15, 0.2) is 0 Å². The maximum absolute atomic E-state index is 15.2. The minimum absolute atomic E-state index is 0.0957. The van der Waals surface area contributed by atoms with Crippen molar-refractivity contribution in [2.24, 2.45) is 0 Å². The summed E-state index contributed by atoms with van der Waals surface area (Å²) in [6.07, 6.45) is 6.89. The molecule has 0 amide bonds. The van der Waals surface area contributed by atoms with E-state index in [2.05, 4.69) is 31.8 Å². The molecule has 0 atom stereocenters. The Morgan fingerprint density at radius 2 is 2.00 bits per heavy atom. The molecule has 1 aliphatic rings. The van der Waals surface area contributed by atoms with Crippen LogP contribution in [-0.2, 0) is 0 Å². The van der Waals surface area contributed by atoms with Gasteiger partial charge in [-0.2, -0.15) is 0 Å². The summed E-state index contributed by atoms with van der Waals surface area (Å²) in [5.41, 5.74) is 4.37. The van der Waals surface area contributed by atoms with Crippen molar-refractivity contribution in [2.75, 3.05) is 18.5 Å². The number of aromatic amines is 1. The quantitative estimate of drug-likeness (QED) is 0.351. The number of aliphatic hydroxyl groups excluding tert-OH is 1. The Bertz CT molecular complexity index is 1330. The first-order chi connectivity index (χ1) is 16.0. The molecule has 0 fully saturated rings. The molecule has 168 valence electrons. The van der Waals surface area contributed by atoms with Gasteiger partial charge in [0.2, 0.25) is 5.88 Å². The average Bonchev–Trinajstić information content (AvgIpc) is 3.18. The lowest BCUT2D eigenvalue weighted by atomic mass is 9.94. The number of nitrogens with zero attached hydrogens (tertiary/aromatic N) is 3. The number of ether oxygens (including phenoxy) is 1. The van der Waals surface area contributed by atoms with E-state index in [0.717, 1.165) is 33.5 Å². The lowest BCUT2D eigenvalue weighted by molar-refractivity contribution is 0.325. The van der Waals surface area contributed by atoms with Gasteiger partial charge in [-0.3, -0.25) is 9.97 Å². The maximum Gasteiger partial charge on any atom is 0.221 e. The molecule has 5 heterocycles. The largest absolute Gasteiger partial charge is 0.513 e. The standard InChI is InChI=1S/C22H18FN5O.C3H6O/c1-2-29-22-14(6-4-8-25-22)19-16(23)11-27-21-20(19)15-9-17(26-12-18(15)28-21)13-5-3-7-24-10-13;1-3(2)4/h3-10,12,27-28H,2,11H2,1H3;4H,1H2,2H3. The van der Waals surface area contributed by atoms with Crippen LogP contribution in [0.5, 0.6) is 5.88 Å². The van der Waals surface area contributed by atoms with Gasteiger partial charge in [0.1, 0.15) is 11.6 Å². The van der Waals surface area contributed by atoms with Crippen molar-refractivity contribution < 1.29 is 14.2 Å². The second-order valence-corrected chi connectivity index (χ2v) is 7.39. The predicted molar refractivity (Wildman–Crippen MR) is 128 cm³/mol. The highest BCUT2D eigenvalue weighted by molar-refractivity contribution is 6.05. The first-order valence-corrected chi connectivity index (χ1v) is 10.5. The first-order valence-electron chi connectivity index (χ1n) is 10.5. The van der Waals surface area contributed by atoms with Crippen molar-refractivity contribution in [3.8, 4) is 17.1 Å². The molecule has 3 N–H and O–H groups in total. The lowest BCUT2D eigenvalue weighted by Gasteiger charge is -2.20. The van der Waals surface area contributed by atoms with Crippen molar-refractivity contribution in [1.82, 2.24) is 19.9 Å². The zero-order chi connectivity index (χ0) is 23.4. The molecule has 0 unspecified atom stereocenters. The van der Waals surface area contributed by atoms with Crippen LogP contribution in [0.25, 0.3) is 27.7 Å². The van der Waals surface area contributed by atoms with Crippen molar-refractivity contribution in [2.45, 2.75) is 13.8 Å². The molecule has 0 aliphatic carbocycles. The highest BCUT2D eigenvalue weighted by Gasteiger charge is 2.27. The highest BCUT2D eigenvalue weighted by atomic mass is 19.1. The number of fused-ring (bicyclic) bond motifs is 3. The molecule has 0 bridgehead atoms. The number of aromatic nitrogens is 4. The van der Waals surface area contributed by atoms with Crippen molar-refractivity contribution in [3.63, 3.8) is 0 Å². The van der Waals surface area contributed by atoms with E-state index >= 15 is 4.39 Å². The fourth-order valence-corrected chi connectivity index (χ4v) is 3.66. The van der Waals surface area contributed by atoms with Crippen LogP contribution in [0.4, 0.5) is 10.2 Å². The third kappa shape index (κ3) is 4.55. The Balaban J connectivity index is 0.000000601. The molecular formula is C25H24FN5O2. The molecule has 5 rings (SSSR count). The Hall–Kier alpha value is -4.20. The SMILES string of the molecule is C=C(C)O.CCOc1ncccc1C1=C(F)CNc2[nH]c3cnc(-c4cccnc4)cc3c21. The van der Waals surface area contributed by atoms with E-state index in [1.165, 1.54) is 6.92 Å². The zero-order valence-electron chi connectivity index (χ0n) is 18.4. The number of aliphatic hydroxyl groups is 1. The summed E-state index contributed by atoms with van der Waals surface area (Å²) in [7, 11) is 0. The summed E-state index contributed by atoms with van der Waals surface area (Å²) >= 11 is 0. The highest BCUT2D eigenvalue weighted by Crippen LogP contribution is 2.43. The molecule has 7 nitrogen and oxygen atoms in total. The fourth-order valence-electron chi connectivity index (χ4n) is 3.66. The van der Waals surface area contributed by atoms with Crippen LogP contribution < -0.4 is 10.1 Å². The van der Waals surface area contributed by atoms with Crippen LogP contribution in [0, 0.1) is 0 Å². The molecule has 33 heavy (non-hydrogen) atoms. The number of rotatable bonds is 4. The molecule has 0 aromatic carbocycles. The molecule has 0 spiro atoms. The average molecular weight is 445 g/mol. The molecule has 8 heteroatoms. The third-order valence-electron chi connectivity index (χ3n) is 4.90. The molecule has 4 aromatic rings. The van der Waals surface area contributed by atoms with Gasteiger partial charge in [0, 0.05) is 46.2 Å². The monoisotopic (exact) mass is 445 g/mol. The summed E-state index contributed by atoms with van der Waals surface area (Å²) in [4.78, 5) is 16.3. The Kier molecular flexibility index (Phi) is 6.35. The van der Waals surface area contributed by atoms with Crippen LogP contribution in [0.2, 0.25) is 0 Å². The molecule has 0 saturated heterocycles. The summed E-state index contributed by atoms with van der Waals surface area (Å²) in [6, 6.07) is 9.40. The Morgan fingerprint density at radius 1 is 1.21 bits per heavy atom.